The third-order valence-electron chi connectivity index (χ3n) is 2.45. The van der Waals surface area contributed by atoms with Crippen molar-refractivity contribution >= 4 is 11.9 Å². The molecule has 6 heteroatoms. The first-order chi connectivity index (χ1) is 6.60. The number of ether oxygens (including phenoxy) is 1. The van der Waals surface area contributed by atoms with Crippen LogP contribution >= 0.6 is 0 Å². The van der Waals surface area contributed by atoms with Crippen LogP contribution in [0.4, 0.5) is 0 Å². The van der Waals surface area contributed by atoms with Crippen molar-refractivity contribution in [1.82, 2.24) is 5.32 Å². The lowest BCUT2D eigenvalue weighted by Gasteiger charge is -2.14. The van der Waals surface area contributed by atoms with Crippen molar-refractivity contribution in [3.8, 4) is 0 Å². The molecule has 0 saturated carbocycles. The number of hydrogen-bond donors (Lipinski definition) is 3. The highest BCUT2D eigenvalue weighted by Crippen LogP contribution is 2.21. The second-order valence-electron chi connectivity index (χ2n) is 3.27. The molecule has 3 unspecified atom stereocenters. The van der Waals surface area contributed by atoms with Gasteiger partial charge in [0.2, 0.25) is 0 Å². The zero-order chi connectivity index (χ0) is 10.7. The molecule has 1 rings (SSSR count). The molecular weight excluding hydrogens is 188 g/mol. The molecule has 0 radical (unpaired) electrons. The zero-order valence-electron chi connectivity index (χ0n) is 7.90. The maximum absolute atomic E-state index is 11.2. The molecule has 1 fully saturated rings. The van der Waals surface area contributed by atoms with Crippen molar-refractivity contribution in [2.45, 2.75) is 18.5 Å². The molecule has 1 heterocycles. The van der Waals surface area contributed by atoms with Gasteiger partial charge in [-0.05, 0) is 6.42 Å². The van der Waals surface area contributed by atoms with Gasteiger partial charge in [-0.25, -0.2) is 0 Å². The largest absolute Gasteiger partial charge is 0.480 e. The molecule has 0 amide bonds. The van der Waals surface area contributed by atoms with Gasteiger partial charge in [0.05, 0.1) is 13.0 Å². The van der Waals surface area contributed by atoms with E-state index in [1.165, 1.54) is 7.11 Å². The highest BCUT2D eigenvalue weighted by Gasteiger charge is 2.41. The second-order valence-corrected chi connectivity index (χ2v) is 3.27. The van der Waals surface area contributed by atoms with E-state index in [1.807, 2.05) is 0 Å². The molecule has 0 aromatic heterocycles. The van der Waals surface area contributed by atoms with Gasteiger partial charge < -0.3 is 15.6 Å². The quantitative estimate of drug-likeness (QED) is 0.484. The van der Waals surface area contributed by atoms with Crippen molar-refractivity contribution in [1.29, 1.82) is 0 Å². The van der Waals surface area contributed by atoms with Gasteiger partial charge in [0.1, 0.15) is 6.04 Å². The molecule has 3 atom stereocenters. The molecule has 14 heavy (non-hydrogen) atoms. The van der Waals surface area contributed by atoms with Gasteiger partial charge in [-0.2, -0.15) is 0 Å². The van der Waals surface area contributed by atoms with Crippen LogP contribution in [0.3, 0.4) is 0 Å². The zero-order valence-corrected chi connectivity index (χ0v) is 7.90. The van der Waals surface area contributed by atoms with Crippen LogP contribution in [0.1, 0.15) is 6.42 Å². The predicted molar refractivity (Wildman–Crippen MR) is 47.5 cm³/mol. The van der Waals surface area contributed by atoms with Gasteiger partial charge in [-0.3, -0.25) is 14.9 Å². The van der Waals surface area contributed by atoms with Crippen LogP contribution in [0.25, 0.3) is 0 Å². The first-order valence-electron chi connectivity index (χ1n) is 4.37. The van der Waals surface area contributed by atoms with Crippen LogP contribution < -0.4 is 11.1 Å². The number of carbonyl (C=O) groups excluding carboxylic acids is 1. The summed E-state index contributed by atoms with van der Waals surface area (Å²) in [6, 6.07) is -1.00. The molecular formula is C8H14N2O4. The number of carbonyl (C=O) groups is 2. The molecule has 0 aromatic carbocycles. The summed E-state index contributed by atoms with van der Waals surface area (Å²) in [6.07, 6.45) is 0.240. The van der Waals surface area contributed by atoms with E-state index < -0.39 is 23.9 Å². The normalized spacial score (nSPS) is 31.4. The van der Waals surface area contributed by atoms with Crippen molar-refractivity contribution in [3.05, 3.63) is 0 Å². The topological polar surface area (TPSA) is 102 Å². The Bertz CT molecular complexity index is 243. The van der Waals surface area contributed by atoms with E-state index in [1.54, 1.807) is 0 Å². The first-order valence-corrected chi connectivity index (χ1v) is 4.37. The molecule has 1 aliphatic heterocycles. The minimum Gasteiger partial charge on any atom is -0.480 e. The van der Waals surface area contributed by atoms with Gasteiger partial charge in [0.15, 0.2) is 0 Å². The summed E-state index contributed by atoms with van der Waals surface area (Å²) in [5, 5.41) is 11.5. The monoisotopic (exact) mass is 202 g/mol. The second kappa shape index (κ2) is 4.39. The lowest BCUT2D eigenvalue weighted by molar-refractivity contribution is -0.145. The molecule has 0 aliphatic carbocycles. The lowest BCUT2D eigenvalue weighted by atomic mass is 9.99. The van der Waals surface area contributed by atoms with Crippen LogP contribution in [-0.2, 0) is 14.3 Å². The van der Waals surface area contributed by atoms with E-state index in [-0.39, 0.29) is 19.0 Å². The van der Waals surface area contributed by atoms with Crippen molar-refractivity contribution in [2.24, 2.45) is 11.7 Å². The number of rotatable bonds is 3. The maximum Gasteiger partial charge on any atom is 0.320 e. The van der Waals surface area contributed by atoms with E-state index in [0.29, 0.717) is 0 Å². The number of aliphatic carboxylic acids is 1. The van der Waals surface area contributed by atoms with E-state index in [2.05, 4.69) is 10.1 Å². The van der Waals surface area contributed by atoms with E-state index >= 15 is 0 Å². The Morgan fingerprint density at radius 3 is 2.71 bits per heavy atom. The summed E-state index contributed by atoms with van der Waals surface area (Å²) in [6.45, 7) is 0.226. The molecule has 0 spiro atoms. The number of carboxylic acids is 1. The summed E-state index contributed by atoms with van der Waals surface area (Å²) in [5.74, 6) is -1.82. The average molecular weight is 202 g/mol. The molecule has 1 saturated heterocycles. The predicted octanol–water partition coefficient (Wildman–Crippen LogP) is -1.45. The van der Waals surface area contributed by atoms with Crippen LogP contribution in [0, 0.1) is 5.92 Å². The summed E-state index contributed by atoms with van der Waals surface area (Å²) < 4.78 is 4.57. The number of methoxy groups -OCH3 is 1. The Morgan fingerprint density at radius 2 is 2.29 bits per heavy atom. The van der Waals surface area contributed by atoms with E-state index in [0.717, 1.165) is 0 Å². The van der Waals surface area contributed by atoms with Crippen LogP contribution in [0.15, 0.2) is 0 Å². The minimum absolute atomic E-state index is 0.226. The van der Waals surface area contributed by atoms with Gasteiger partial charge in [-0.1, -0.05) is 0 Å². The van der Waals surface area contributed by atoms with Gasteiger partial charge >= 0.3 is 11.9 Å². The van der Waals surface area contributed by atoms with Crippen LogP contribution in [0.2, 0.25) is 0 Å². The maximum atomic E-state index is 11.2. The first kappa shape index (κ1) is 10.9. The molecule has 80 valence electrons. The standard InChI is InChI=1S/C8H14N2O4/c1-14-8(13)4-2-5(7(11)12)10-6(4)3-9/h4-6,10H,2-3,9H2,1H3,(H,11,12). The molecule has 6 nitrogen and oxygen atoms in total. The average Bonchev–Trinajstić information content (AvgIpc) is 2.60. The fraction of sp³-hybridized carbons (Fsp3) is 0.750. The third kappa shape index (κ3) is 2.02. The Hall–Kier alpha value is -1.14. The molecule has 0 bridgehead atoms. The molecule has 4 N–H and O–H groups in total. The Balaban J connectivity index is 2.67. The number of carboxylic acid groups (broad SMARTS) is 1. The highest BCUT2D eigenvalue weighted by atomic mass is 16.5. The van der Waals surface area contributed by atoms with Crippen LogP contribution in [0.5, 0.6) is 0 Å². The van der Waals surface area contributed by atoms with Crippen molar-refractivity contribution < 1.29 is 19.4 Å². The van der Waals surface area contributed by atoms with Gasteiger partial charge in [0.25, 0.3) is 0 Å². The van der Waals surface area contributed by atoms with Gasteiger partial charge in [-0.15, -0.1) is 0 Å². The summed E-state index contributed by atoms with van der Waals surface area (Å²) >= 11 is 0. The Morgan fingerprint density at radius 1 is 1.64 bits per heavy atom. The number of nitrogens with one attached hydrogen (secondary N) is 1. The van der Waals surface area contributed by atoms with Crippen molar-refractivity contribution in [2.75, 3.05) is 13.7 Å². The third-order valence-corrected chi connectivity index (χ3v) is 2.45. The smallest absolute Gasteiger partial charge is 0.320 e. The SMILES string of the molecule is COC(=O)C1CC(C(=O)O)NC1CN. The van der Waals surface area contributed by atoms with E-state index in [9.17, 15) is 9.59 Å². The Kier molecular flexibility index (Phi) is 3.43. The molecule has 1 aliphatic rings. The summed E-state index contributed by atoms with van der Waals surface area (Å²) in [4.78, 5) is 21.9. The summed E-state index contributed by atoms with van der Waals surface area (Å²) in [7, 11) is 1.28. The lowest BCUT2D eigenvalue weighted by Crippen LogP contribution is -2.42. The fourth-order valence-electron chi connectivity index (χ4n) is 1.68. The molecule has 0 aromatic rings. The number of esters is 1. The minimum atomic E-state index is -0.963. The highest BCUT2D eigenvalue weighted by molar-refractivity contribution is 5.79. The van der Waals surface area contributed by atoms with Crippen molar-refractivity contribution in [3.63, 3.8) is 0 Å². The number of nitrogens with two attached hydrogens (primary N) is 1. The van der Waals surface area contributed by atoms with Crippen LogP contribution in [-0.4, -0.2) is 42.8 Å². The Labute approximate surface area is 81.4 Å². The fourth-order valence-corrected chi connectivity index (χ4v) is 1.68. The van der Waals surface area contributed by atoms with E-state index in [4.69, 9.17) is 10.8 Å². The van der Waals surface area contributed by atoms with Gasteiger partial charge in [0, 0.05) is 12.6 Å². The summed E-state index contributed by atoms with van der Waals surface area (Å²) in [5.41, 5.74) is 5.42. The number of hydrogen-bond acceptors (Lipinski definition) is 5.